The molecule has 4 rings (SSSR count). The number of rotatable bonds is 4. The van der Waals surface area contributed by atoms with Crippen LogP contribution in [0.5, 0.6) is 0 Å². The minimum Gasteiger partial charge on any atom is -0.347 e. The highest BCUT2D eigenvalue weighted by Gasteiger charge is 2.11. The van der Waals surface area contributed by atoms with E-state index in [4.69, 9.17) is 0 Å². The van der Waals surface area contributed by atoms with Gasteiger partial charge in [-0.25, -0.2) is 5.43 Å². The lowest BCUT2D eigenvalue weighted by Crippen LogP contribution is -2.18. The number of benzene rings is 2. The fourth-order valence-electron chi connectivity index (χ4n) is 3.80. The molecule has 5 heteroatoms. The van der Waals surface area contributed by atoms with Gasteiger partial charge in [-0.3, -0.25) is 4.79 Å². The molecule has 0 spiro atoms. The number of carbonyl (C=O) groups is 1. The molecular formula is C24H24N4O. The van der Waals surface area contributed by atoms with Crippen molar-refractivity contribution in [3.63, 3.8) is 0 Å². The van der Waals surface area contributed by atoms with Crippen LogP contribution in [0.3, 0.4) is 0 Å². The molecule has 0 aliphatic carbocycles. The number of para-hydroxylation sites is 1. The Morgan fingerprint density at radius 2 is 1.69 bits per heavy atom. The van der Waals surface area contributed by atoms with E-state index in [-0.39, 0.29) is 5.91 Å². The summed E-state index contributed by atoms with van der Waals surface area (Å²) in [5.74, 6) is -0.233. The number of amides is 1. The van der Waals surface area contributed by atoms with Gasteiger partial charge in [0.1, 0.15) is 0 Å². The molecule has 0 fully saturated rings. The van der Waals surface area contributed by atoms with Gasteiger partial charge in [0.25, 0.3) is 5.91 Å². The van der Waals surface area contributed by atoms with E-state index in [2.05, 4.69) is 57.8 Å². The van der Waals surface area contributed by atoms with Gasteiger partial charge in [0.15, 0.2) is 0 Å². The smallest absolute Gasteiger partial charge is 0.271 e. The molecule has 29 heavy (non-hydrogen) atoms. The van der Waals surface area contributed by atoms with E-state index in [1.54, 1.807) is 12.3 Å². The zero-order chi connectivity index (χ0) is 20.5. The van der Waals surface area contributed by atoms with Gasteiger partial charge in [0, 0.05) is 51.8 Å². The summed E-state index contributed by atoms with van der Waals surface area (Å²) >= 11 is 0. The third-order valence-electron chi connectivity index (χ3n) is 5.45. The quantitative estimate of drug-likeness (QED) is 0.404. The second kappa shape index (κ2) is 7.43. The molecule has 0 unspecified atom stereocenters. The van der Waals surface area contributed by atoms with Crippen LogP contribution in [0.2, 0.25) is 0 Å². The largest absolute Gasteiger partial charge is 0.347 e. The molecule has 0 aliphatic heterocycles. The lowest BCUT2D eigenvalue weighted by Gasteiger charge is -2.10. The second-order valence-electron chi connectivity index (χ2n) is 7.28. The Morgan fingerprint density at radius 3 is 2.45 bits per heavy atom. The first-order valence-corrected chi connectivity index (χ1v) is 9.60. The van der Waals surface area contributed by atoms with Crippen molar-refractivity contribution in [1.29, 1.82) is 0 Å². The average Bonchev–Trinajstić information content (AvgIpc) is 3.19. The highest BCUT2D eigenvalue weighted by molar-refractivity contribution is 6.02. The number of carbonyl (C=O) groups excluding carboxylic acids is 1. The van der Waals surface area contributed by atoms with Gasteiger partial charge in [-0.15, -0.1) is 0 Å². The molecule has 2 heterocycles. The monoisotopic (exact) mass is 384 g/mol. The molecule has 0 radical (unpaired) electrons. The van der Waals surface area contributed by atoms with E-state index in [0.29, 0.717) is 5.56 Å². The minimum atomic E-state index is -0.233. The predicted octanol–water partition coefficient (Wildman–Crippen LogP) is 4.66. The van der Waals surface area contributed by atoms with Gasteiger partial charge in [-0.2, -0.15) is 5.10 Å². The fourth-order valence-corrected chi connectivity index (χ4v) is 3.80. The molecule has 1 N–H and O–H groups in total. The van der Waals surface area contributed by atoms with Crippen LogP contribution in [-0.4, -0.2) is 21.3 Å². The van der Waals surface area contributed by atoms with Crippen molar-refractivity contribution in [2.24, 2.45) is 12.1 Å². The lowest BCUT2D eigenvalue weighted by atomic mass is 10.1. The van der Waals surface area contributed by atoms with Crippen molar-refractivity contribution in [2.45, 2.75) is 20.8 Å². The molecule has 4 aromatic rings. The number of aromatic nitrogens is 2. The number of fused-ring (bicyclic) bond motifs is 1. The molecule has 0 aliphatic rings. The van der Waals surface area contributed by atoms with Crippen LogP contribution in [0.1, 0.15) is 33.0 Å². The van der Waals surface area contributed by atoms with Crippen LogP contribution < -0.4 is 5.43 Å². The number of nitrogens with zero attached hydrogens (tertiary/aromatic N) is 3. The molecule has 2 aromatic carbocycles. The maximum atomic E-state index is 12.6. The van der Waals surface area contributed by atoms with E-state index in [9.17, 15) is 4.79 Å². The summed E-state index contributed by atoms with van der Waals surface area (Å²) in [6.45, 7) is 6.15. The van der Waals surface area contributed by atoms with Gasteiger partial charge in [0.2, 0.25) is 0 Å². The normalized spacial score (nSPS) is 11.4. The number of hydrogen-bond donors (Lipinski definition) is 1. The lowest BCUT2D eigenvalue weighted by molar-refractivity contribution is 0.0955. The number of hydrazone groups is 1. The van der Waals surface area contributed by atoms with Crippen LogP contribution in [0, 0.1) is 20.8 Å². The van der Waals surface area contributed by atoms with Crippen LogP contribution in [-0.2, 0) is 7.05 Å². The van der Waals surface area contributed by atoms with Gasteiger partial charge in [-0.1, -0.05) is 24.3 Å². The minimum absolute atomic E-state index is 0.233. The Bertz CT molecular complexity index is 1220. The molecule has 0 bridgehead atoms. The van der Waals surface area contributed by atoms with Crippen molar-refractivity contribution >= 4 is 23.0 Å². The van der Waals surface area contributed by atoms with E-state index >= 15 is 0 Å². The molecule has 5 nitrogen and oxygen atoms in total. The third kappa shape index (κ3) is 3.36. The van der Waals surface area contributed by atoms with Crippen LogP contribution in [0.25, 0.3) is 16.6 Å². The van der Waals surface area contributed by atoms with Gasteiger partial charge in [0.05, 0.1) is 6.21 Å². The summed E-state index contributed by atoms with van der Waals surface area (Å²) < 4.78 is 4.25. The summed E-state index contributed by atoms with van der Waals surface area (Å²) in [6.07, 6.45) is 1.72. The first-order valence-electron chi connectivity index (χ1n) is 9.60. The summed E-state index contributed by atoms with van der Waals surface area (Å²) in [4.78, 5) is 12.6. The topological polar surface area (TPSA) is 51.3 Å². The van der Waals surface area contributed by atoms with Gasteiger partial charge >= 0.3 is 0 Å². The zero-order valence-electron chi connectivity index (χ0n) is 17.1. The molecule has 0 atom stereocenters. The standard InChI is InChI=1S/C24H24N4O/c1-16-12-13-17(2)28(16)20-9-7-8-19(14-20)24(29)26-25-15-22-18(3)27(4)23-11-6-5-10-21(22)23/h5-15H,1-4H3,(H,26,29)/b25-15+. The van der Waals surface area contributed by atoms with Gasteiger partial charge in [-0.05, 0) is 57.2 Å². The Morgan fingerprint density at radius 1 is 0.966 bits per heavy atom. The maximum Gasteiger partial charge on any atom is 0.271 e. The van der Waals surface area contributed by atoms with Crippen LogP contribution >= 0.6 is 0 Å². The highest BCUT2D eigenvalue weighted by atomic mass is 16.2. The third-order valence-corrected chi connectivity index (χ3v) is 5.45. The predicted molar refractivity (Wildman–Crippen MR) is 118 cm³/mol. The fraction of sp³-hybridized carbons (Fsp3) is 0.167. The van der Waals surface area contributed by atoms with Crippen molar-refractivity contribution in [3.8, 4) is 5.69 Å². The van der Waals surface area contributed by atoms with Crippen molar-refractivity contribution in [2.75, 3.05) is 0 Å². The Kier molecular flexibility index (Phi) is 4.80. The summed E-state index contributed by atoms with van der Waals surface area (Å²) in [5.41, 5.74) is 9.71. The molecule has 2 aromatic heterocycles. The molecular weight excluding hydrogens is 360 g/mol. The molecule has 146 valence electrons. The second-order valence-corrected chi connectivity index (χ2v) is 7.28. The SMILES string of the molecule is Cc1ccc(C)n1-c1cccc(C(=O)N/N=C/c2c(C)n(C)c3ccccc23)c1. The Labute approximate surface area is 170 Å². The zero-order valence-corrected chi connectivity index (χ0v) is 17.1. The molecule has 1 amide bonds. The van der Waals surface area contributed by atoms with E-state index in [0.717, 1.165) is 39.2 Å². The first kappa shape index (κ1) is 18.7. The van der Waals surface area contributed by atoms with Crippen LogP contribution in [0.15, 0.2) is 65.8 Å². The van der Waals surface area contributed by atoms with Gasteiger partial charge < -0.3 is 9.13 Å². The first-order chi connectivity index (χ1) is 14.0. The summed E-state index contributed by atoms with van der Waals surface area (Å²) in [6, 6.07) is 19.9. The van der Waals surface area contributed by atoms with Crippen LogP contribution in [0.4, 0.5) is 0 Å². The molecule has 0 saturated heterocycles. The Hall–Kier alpha value is -3.60. The van der Waals surface area contributed by atoms with E-state index in [1.807, 2.05) is 44.3 Å². The van der Waals surface area contributed by atoms with Crippen molar-refractivity contribution in [3.05, 3.63) is 88.9 Å². The summed E-state index contributed by atoms with van der Waals surface area (Å²) in [7, 11) is 2.03. The number of aryl methyl sites for hydroxylation is 3. The van der Waals surface area contributed by atoms with Crippen molar-refractivity contribution < 1.29 is 4.79 Å². The average molecular weight is 384 g/mol. The maximum absolute atomic E-state index is 12.6. The molecule has 0 saturated carbocycles. The number of nitrogens with one attached hydrogen (secondary N) is 1. The number of hydrogen-bond acceptors (Lipinski definition) is 2. The summed E-state index contributed by atoms with van der Waals surface area (Å²) in [5, 5.41) is 5.34. The highest BCUT2D eigenvalue weighted by Crippen LogP contribution is 2.23. The Balaban J connectivity index is 1.57. The van der Waals surface area contributed by atoms with E-state index < -0.39 is 0 Å². The van der Waals surface area contributed by atoms with Crippen molar-refractivity contribution in [1.82, 2.24) is 14.6 Å². The van der Waals surface area contributed by atoms with E-state index in [1.165, 1.54) is 0 Å².